The smallest absolute Gasteiger partial charge is 0.338 e. The minimum absolute atomic E-state index is 0.118. The van der Waals surface area contributed by atoms with E-state index >= 15 is 0 Å². The summed E-state index contributed by atoms with van der Waals surface area (Å²) in [4.78, 5) is 24.4. The molecular formula is C27H27IN2O6. The van der Waals surface area contributed by atoms with Crippen LogP contribution in [0.15, 0.2) is 65.8 Å². The van der Waals surface area contributed by atoms with Gasteiger partial charge in [0.2, 0.25) is 0 Å². The fourth-order valence-corrected chi connectivity index (χ4v) is 3.57. The van der Waals surface area contributed by atoms with Crippen molar-refractivity contribution >= 4 is 40.7 Å². The summed E-state index contributed by atoms with van der Waals surface area (Å²) in [5.41, 5.74) is 4.50. The highest BCUT2D eigenvalue weighted by Gasteiger charge is 2.11. The van der Waals surface area contributed by atoms with Crippen molar-refractivity contribution in [3.05, 3.63) is 86.5 Å². The summed E-state index contributed by atoms with van der Waals surface area (Å²) in [6, 6.07) is 16.9. The van der Waals surface area contributed by atoms with Gasteiger partial charge in [0.15, 0.2) is 0 Å². The van der Waals surface area contributed by atoms with Crippen molar-refractivity contribution in [3.8, 4) is 17.2 Å². The second kappa shape index (κ2) is 12.9. The molecule has 8 nitrogen and oxygen atoms in total. The number of phenols is 1. The van der Waals surface area contributed by atoms with Gasteiger partial charge in [-0.2, -0.15) is 5.10 Å². The highest BCUT2D eigenvalue weighted by molar-refractivity contribution is 14.1. The molecule has 0 radical (unpaired) electrons. The van der Waals surface area contributed by atoms with Crippen LogP contribution in [-0.4, -0.2) is 36.9 Å². The monoisotopic (exact) mass is 602 g/mol. The van der Waals surface area contributed by atoms with Crippen LogP contribution >= 0.6 is 22.6 Å². The Kier molecular flexibility index (Phi) is 9.69. The standard InChI is InChI=1S/C27H27IN2O6/c1-17(2)15-36-27(33)19-5-8-22(9-6-19)35-16-20-12-18(4-11-25(20)34-3)14-29-30-26(32)23-13-21(28)7-10-24(23)31/h4-14,17,31H,15-16H2,1-3H3,(H,30,32). The third kappa shape index (κ3) is 7.70. The van der Waals surface area contributed by atoms with Crippen LogP contribution in [0.3, 0.4) is 0 Å². The second-order valence-electron chi connectivity index (χ2n) is 8.24. The van der Waals surface area contributed by atoms with Crippen LogP contribution in [0.2, 0.25) is 0 Å². The number of carbonyl (C=O) groups excluding carboxylic acids is 2. The molecule has 9 heteroatoms. The van der Waals surface area contributed by atoms with Crippen molar-refractivity contribution in [3.63, 3.8) is 0 Å². The van der Waals surface area contributed by atoms with Crippen molar-refractivity contribution in [2.75, 3.05) is 13.7 Å². The molecule has 0 fully saturated rings. The van der Waals surface area contributed by atoms with Gasteiger partial charge in [0.05, 0.1) is 31.1 Å². The molecular weight excluding hydrogens is 575 g/mol. The largest absolute Gasteiger partial charge is 0.507 e. The van der Waals surface area contributed by atoms with Crippen LogP contribution < -0.4 is 14.9 Å². The van der Waals surface area contributed by atoms with Crippen LogP contribution in [0.5, 0.6) is 17.2 Å². The van der Waals surface area contributed by atoms with Gasteiger partial charge >= 0.3 is 5.97 Å². The summed E-state index contributed by atoms with van der Waals surface area (Å²) < 4.78 is 17.4. The minimum atomic E-state index is -0.518. The highest BCUT2D eigenvalue weighted by Crippen LogP contribution is 2.23. The van der Waals surface area contributed by atoms with Gasteiger partial charge < -0.3 is 19.3 Å². The van der Waals surface area contributed by atoms with Crippen LogP contribution in [0.25, 0.3) is 0 Å². The number of nitrogens with zero attached hydrogens (tertiary/aromatic N) is 1. The zero-order chi connectivity index (χ0) is 26.1. The zero-order valence-corrected chi connectivity index (χ0v) is 22.3. The fraction of sp³-hybridized carbons (Fsp3) is 0.222. The lowest BCUT2D eigenvalue weighted by atomic mass is 10.1. The lowest BCUT2D eigenvalue weighted by Gasteiger charge is -2.12. The van der Waals surface area contributed by atoms with Gasteiger partial charge in [0, 0.05) is 9.13 Å². The maximum atomic E-state index is 12.3. The summed E-state index contributed by atoms with van der Waals surface area (Å²) >= 11 is 2.06. The van der Waals surface area contributed by atoms with Crippen molar-refractivity contribution in [1.29, 1.82) is 0 Å². The Labute approximate surface area is 223 Å². The third-order valence-corrected chi connectivity index (χ3v) is 5.59. The van der Waals surface area contributed by atoms with Gasteiger partial charge in [-0.15, -0.1) is 0 Å². The highest BCUT2D eigenvalue weighted by atomic mass is 127. The lowest BCUT2D eigenvalue weighted by Crippen LogP contribution is -2.17. The van der Waals surface area contributed by atoms with E-state index in [1.54, 1.807) is 55.6 Å². The van der Waals surface area contributed by atoms with E-state index in [2.05, 4.69) is 33.1 Å². The average Bonchev–Trinajstić information content (AvgIpc) is 2.87. The molecule has 0 aliphatic rings. The van der Waals surface area contributed by atoms with Gasteiger partial charge in [-0.1, -0.05) is 13.8 Å². The molecule has 0 saturated carbocycles. The quantitative estimate of drug-likeness (QED) is 0.144. The fourth-order valence-electron chi connectivity index (χ4n) is 3.08. The molecule has 0 heterocycles. The first-order valence-corrected chi connectivity index (χ1v) is 12.2. The predicted molar refractivity (Wildman–Crippen MR) is 145 cm³/mol. The van der Waals surface area contributed by atoms with E-state index in [1.807, 2.05) is 19.9 Å². The second-order valence-corrected chi connectivity index (χ2v) is 9.48. The number of amides is 1. The number of benzene rings is 3. The first kappa shape index (κ1) is 27.0. The molecule has 0 atom stereocenters. The number of halogens is 1. The number of aromatic hydroxyl groups is 1. The van der Waals surface area contributed by atoms with E-state index in [1.165, 1.54) is 12.3 Å². The molecule has 3 aromatic rings. The number of esters is 1. The molecule has 0 unspecified atom stereocenters. The summed E-state index contributed by atoms with van der Waals surface area (Å²) in [5, 5.41) is 13.9. The molecule has 2 N–H and O–H groups in total. The van der Waals surface area contributed by atoms with Gasteiger partial charge in [-0.3, -0.25) is 4.79 Å². The number of methoxy groups -OCH3 is 1. The molecule has 36 heavy (non-hydrogen) atoms. The number of carbonyl (C=O) groups is 2. The van der Waals surface area contributed by atoms with Crippen LogP contribution in [0.4, 0.5) is 0 Å². The minimum Gasteiger partial charge on any atom is -0.507 e. The summed E-state index contributed by atoms with van der Waals surface area (Å²) in [5.74, 6) is 0.483. The Morgan fingerprint density at radius 2 is 1.83 bits per heavy atom. The molecule has 188 valence electrons. The normalized spacial score (nSPS) is 10.9. The molecule has 0 aliphatic heterocycles. The van der Waals surface area contributed by atoms with E-state index < -0.39 is 5.91 Å². The number of hydrazone groups is 1. The van der Waals surface area contributed by atoms with E-state index in [0.29, 0.717) is 29.2 Å². The Bertz CT molecular complexity index is 1240. The van der Waals surface area contributed by atoms with Gasteiger partial charge in [-0.05, 0) is 94.7 Å². The molecule has 0 saturated heterocycles. The maximum Gasteiger partial charge on any atom is 0.338 e. The Morgan fingerprint density at radius 1 is 1.08 bits per heavy atom. The van der Waals surface area contributed by atoms with E-state index in [-0.39, 0.29) is 29.8 Å². The van der Waals surface area contributed by atoms with Gasteiger partial charge in [0.25, 0.3) is 5.91 Å². The summed E-state index contributed by atoms with van der Waals surface area (Å²) in [7, 11) is 1.57. The zero-order valence-electron chi connectivity index (χ0n) is 20.2. The SMILES string of the molecule is COc1ccc(C=NNC(=O)c2cc(I)ccc2O)cc1COc1ccc(C(=O)OCC(C)C)cc1. The number of hydrogen-bond acceptors (Lipinski definition) is 7. The van der Waals surface area contributed by atoms with Crippen LogP contribution in [-0.2, 0) is 11.3 Å². The molecule has 3 rings (SSSR count). The molecule has 0 aliphatic carbocycles. The summed E-state index contributed by atoms with van der Waals surface area (Å²) in [6.45, 7) is 4.54. The lowest BCUT2D eigenvalue weighted by molar-refractivity contribution is 0.0458. The average molecular weight is 602 g/mol. The topological polar surface area (TPSA) is 106 Å². The number of nitrogens with one attached hydrogen (secondary N) is 1. The van der Waals surface area contributed by atoms with Gasteiger partial charge in [-0.25, -0.2) is 10.2 Å². The summed E-state index contributed by atoms with van der Waals surface area (Å²) in [6.07, 6.45) is 1.49. The van der Waals surface area contributed by atoms with E-state index in [4.69, 9.17) is 14.2 Å². The molecule has 0 aromatic heterocycles. The van der Waals surface area contributed by atoms with Crippen molar-refractivity contribution < 1.29 is 28.9 Å². The maximum absolute atomic E-state index is 12.3. The number of ether oxygens (including phenoxy) is 3. The van der Waals surface area contributed by atoms with E-state index in [0.717, 1.165) is 9.13 Å². The number of rotatable bonds is 10. The van der Waals surface area contributed by atoms with Gasteiger partial charge in [0.1, 0.15) is 23.9 Å². The predicted octanol–water partition coefficient (Wildman–Crippen LogP) is 5.16. The first-order valence-electron chi connectivity index (χ1n) is 11.2. The van der Waals surface area contributed by atoms with Crippen LogP contribution in [0.1, 0.15) is 45.7 Å². The molecule has 0 spiro atoms. The Morgan fingerprint density at radius 3 is 2.53 bits per heavy atom. The molecule has 1 amide bonds. The number of hydrogen-bond donors (Lipinski definition) is 2. The molecule has 3 aromatic carbocycles. The van der Waals surface area contributed by atoms with Crippen molar-refractivity contribution in [2.45, 2.75) is 20.5 Å². The molecule has 0 bridgehead atoms. The first-order chi connectivity index (χ1) is 17.3. The van der Waals surface area contributed by atoms with Crippen molar-refractivity contribution in [2.24, 2.45) is 11.0 Å². The van der Waals surface area contributed by atoms with Crippen LogP contribution in [0, 0.1) is 9.49 Å². The Hall–Kier alpha value is -3.60. The number of phenolic OH excluding ortho intramolecular Hbond substituents is 1. The third-order valence-electron chi connectivity index (χ3n) is 4.92. The van der Waals surface area contributed by atoms with E-state index in [9.17, 15) is 14.7 Å². The van der Waals surface area contributed by atoms with Crippen molar-refractivity contribution in [1.82, 2.24) is 5.43 Å². The Balaban J connectivity index is 1.62.